The lowest BCUT2D eigenvalue weighted by molar-refractivity contribution is -0.130. The molecule has 0 aliphatic carbocycles. The molecule has 22 heavy (non-hydrogen) atoms. The van der Waals surface area contributed by atoms with Crippen molar-refractivity contribution in [3.63, 3.8) is 0 Å². The molecule has 1 aromatic carbocycles. The molecule has 0 atom stereocenters. The van der Waals surface area contributed by atoms with E-state index in [1.54, 1.807) is 6.08 Å². The number of hydrogen-bond acceptors (Lipinski definition) is 5. The number of rotatable bonds is 1. The van der Waals surface area contributed by atoms with Crippen LogP contribution in [-0.2, 0) is 9.53 Å². The number of carbonyl (C=O) groups excluding carboxylic acids is 1. The van der Waals surface area contributed by atoms with E-state index in [1.807, 2.05) is 39.0 Å². The Morgan fingerprint density at radius 2 is 1.86 bits per heavy atom. The molecule has 0 saturated carbocycles. The first-order valence-corrected chi connectivity index (χ1v) is 7.36. The van der Waals surface area contributed by atoms with E-state index in [2.05, 4.69) is 4.99 Å². The molecule has 0 N–H and O–H groups in total. The minimum absolute atomic E-state index is 0.296. The Bertz CT molecular complexity index is 668. The fourth-order valence-corrected chi connectivity index (χ4v) is 2.16. The fourth-order valence-electron chi connectivity index (χ4n) is 2.16. The zero-order chi connectivity index (χ0) is 15.7. The van der Waals surface area contributed by atoms with E-state index in [-0.39, 0.29) is 5.41 Å². The molecule has 2 heterocycles. The van der Waals surface area contributed by atoms with Gasteiger partial charge in [-0.25, -0.2) is 9.79 Å². The molecule has 0 bridgehead atoms. The summed E-state index contributed by atoms with van der Waals surface area (Å²) >= 11 is 0. The molecule has 2 aliphatic rings. The highest BCUT2D eigenvalue weighted by Gasteiger charge is 2.31. The number of hydrogen-bond donors (Lipinski definition) is 0. The summed E-state index contributed by atoms with van der Waals surface area (Å²) in [6, 6.07) is 5.58. The number of esters is 1. The summed E-state index contributed by atoms with van der Waals surface area (Å²) in [5, 5.41) is 0. The molecule has 5 heteroatoms. The molecule has 0 spiro atoms. The molecular weight excluding hydrogens is 282 g/mol. The second-order valence-corrected chi connectivity index (χ2v) is 6.34. The van der Waals surface area contributed by atoms with Gasteiger partial charge < -0.3 is 14.2 Å². The van der Waals surface area contributed by atoms with Crippen molar-refractivity contribution in [3.05, 3.63) is 29.5 Å². The largest absolute Gasteiger partial charge is 0.490 e. The molecule has 116 valence electrons. The maximum atomic E-state index is 11.9. The van der Waals surface area contributed by atoms with Gasteiger partial charge in [0.2, 0.25) is 5.90 Å². The molecule has 0 radical (unpaired) electrons. The summed E-state index contributed by atoms with van der Waals surface area (Å²) in [6.45, 7) is 7.14. The number of carbonyl (C=O) groups is 1. The van der Waals surface area contributed by atoms with Crippen molar-refractivity contribution in [1.82, 2.24) is 0 Å². The Morgan fingerprint density at radius 1 is 1.14 bits per heavy atom. The van der Waals surface area contributed by atoms with Crippen LogP contribution < -0.4 is 9.47 Å². The van der Waals surface area contributed by atoms with Crippen LogP contribution in [0.25, 0.3) is 6.08 Å². The lowest BCUT2D eigenvalue weighted by Crippen LogP contribution is -2.21. The Balaban J connectivity index is 1.91. The highest BCUT2D eigenvalue weighted by Crippen LogP contribution is 2.32. The summed E-state index contributed by atoms with van der Waals surface area (Å²) in [4.78, 5) is 16.2. The number of aliphatic imine (C=N–C) groups is 1. The SMILES string of the molecule is CC(C)(C)C1=N/C(=C/c2ccc3c(c2)OCCCO3)C(=O)O1. The molecule has 0 amide bonds. The minimum Gasteiger partial charge on any atom is -0.490 e. The average molecular weight is 301 g/mol. The molecule has 3 rings (SSSR count). The quantitative estimate of drug-likeness (QED) is 0.590. The first-order chi connectivity index (χ1) is 10.4. The second kappa shape index (κ2) is 5.48. The maximum absolute atomic E-state index is 11.9. The molecule has 0 aromatic heterocycles. The standard InChI is InChI=1S/C17H19NO4/c1-17(2,3)16-18-12(15(19)22-16)9-11-5-6-13-14(10-11)21-8-4-7-20-13/h5-6,9-10H,4,7-8H2,1-3H3/b12-9+. The van der Waals surface area contributed by atoms with Crippen LogP contribution in [0.4, 0.5) is 0 Å². The van der Waals surface area contributed by atoms with E-state index in [0.717, 1.165) is 17.7 Å². The molecular formula is C17H19NO4. The van der Waals surface area contributed by atoms with Gasteiger partial charge in [-0.05, 0) is 23.8 Å². The highest BCUT2D eigenvalue weighted by molar-refractivity contribution is 6.08. The highest BCUT2D eigenvalue weighted by atomic mass is 16.6. The van der Waals surface area contributed by atoms with Gasteiger partial charge in [0.15, 0.2) is 17.2 Å². The van der Waals surface area contributed by atoms with Crippen molar-refractivity contribution >= 4 is 17.9 Å². The van der Waals surface area contributed by atoms with Gasteiger partial charge in [-0.15, -0.1) is 0 Å². The normalized spacial score (nSPS) is 19.7. The van der Waals surface area contributed by atoms with Crippen molar-refractivity contribution in [3.8, 4) is 11.5 Å². The summed E-state index contributed by atoms with van der Waals surface area (Å²) in [6.07, 6.45) is 2.56. The lowest BCUT2D eigenvalue weighted by atomic mass is 9.97. The van der Waals surface area contributed by atoms with Gasteiger partial charge in [0.25, 0.3) is 0 Å². The van der Waals surface area contributed by atoms with E-state index in [4.69, 9.17) is 14.2 Å². The van der Waals surface area contributed by atoms with Crippen molar-refractivity contribution in [1.29, 1.82) is 0 Å². The molecule has 0 unspecified atom stereocenters. The average Bonchev–Trinajstić information content (AvgIpc) is 2.69. The maximum Gasteiger partial charge on any atom is 0.363 e. The van der Waals surface area contributed by atoms with E-state index in [0.29, 0.717) is 30.6 Å². The monoisotopic (exact) mass is 301 g/mol. The van der Waals surface area contributed by atoms with Crippen LogP contribution in [0.5, 0.6) is 11.5 Å². The van der Waals surface area contributed by atoms with Gasteiger partial charge >= 0.3 is 5.97 Å². The number of fused-ring (bicyclic) bond motifs is 1. The summed E-state index contributed by atoms with van der Waals surface area (Å²) < 4.78 is 16.5. The van der Waals surface area contributed by atoms with Crippen LogP contribution in [0.15, 0.2) is 28.9 Å². The Labute approximate surface area is 129 Å². The van der Waals surface area contributed by atoms with Crippen LogP contribution in [0.3, 0.4) is 0 Å². The van der Waals surface area contributed by atoms with Gasteiger partial charge in [0, 0.05) is 11.8 Å². The lowest BCUT2D eigenvalue weighted by Gasteiger charge is -2.15. The van der Waals surface area contributed by atoms with Crippen molar-refractivity contribution < 1.29 is 19.0 Å². The summed E-state index contributed by atoms with van der Waals surface area (Å²) in [5.41, 5.74) is 0.838. The molecule has 0 fully saturated rings. The number of cyclic esters (lactones) is 1. The van der Waals surface area contributed by atoms with E-state index >= 15 is 0 Å². The van der Waals surface area contributed by atoms with Crippen molar-refractivity contribution in [2.75, 3.05) is 13.2 Å². The number of benzene rings is 1. The van der Waals surface area contributed by atoms with E-state index in [9.17, 15) is 4.79 Å². The molecule has 1 aromatic rings. The fraction of sp³-hybridized carbons (Fsp3) is 0.412. The Hall–Kier alpha value is -2.30. The first-order valence-electron chi connectivity index (χ1n) is 7.36. The third-order valence-electron chi connectivity index (χ3n) is 3.34. The topological polar surface area (TPSA) is 57.1 Å². The van der Waals surface area contributed by atoms with E-state index < -0.39 is 5.97 Å². The molecule has 5 nitrogen and oxygen atoms in total. The predicted octanol–water partition coefficient (Wildman–Crippen LogP) is 3.19. The van der Waals surface area contributed by atoms with Crippen molar-refractivity contribution in [2.45, 2.75) is 27.2 Å². The second-order valence-electron chi connectivity index (χ2n) is 6.34. The predicted molar refractivity (Wildman–Crippen MR) is 83.0 cm³/mol. The minimum atomic E-state index is -0.419. The molecule has 0 saturated heterocycles. The van der Waals surface area contributed by atoms with E-state index in [1.165, 1.54) is 0 Å². The molecule has 2 aliphatic heterocycles. The van der Waals surface area contributed by atoms with Crippen LogP contribution in [0.1, 0.15) is 32.8 Å². The zero-order valence-corrected chi connectivity index (χ0v) is 13.0. The van der Waals surface area contributed by atoms with Crippen molar-refractivity contribution in [2.24, 2.45) is 10.4 Å². The van der Waals surface area contributed by atoms with Crippen LogP contribution in [0.2, 0.25) is 0 Å². The first kappa shape index (κ1) is 14.6. The van der Waals surface area contributed by atoms with Crippen LogP contribution >= 0.6 is 0 Å². The Morgan fingerprint density at radius 3 is 2.55 bits per heavy atom. The third-order valence-corrected chi connectivity index (χ3v) is 3.34. The van der Waals surface area contributed by atoms with Crippen LogP contribution in [-0.4, -0.2) is 25.1 Å². The van der Waals surface area contributed by atoms with Gasteiger partial charge in [0.05, 0.1) is 13.2 Å². The van der Waals surface area contributed by atoms with Gasteiger partial charge in [0.1, 0.15) is 0 Å². The van der Waals surface area contributed by atoms with Gasteiger partial charge in [-0.1, -0.05) is 26.8 Å². The summed E-state index contributed by atoms with van der Waals surface area (Å²) in [7, 11) is 0. The number of ether oxygens (including phenoxy) is 3. The summed E-state index contributed by atoms with van der Waals surface area (Å²) in [5.74, 6) is 1.45. The smallest absolute Gasteiger partial charge is 0.363 e. The third kappa shape index (κ3) is 2.98. The number of nitrogens with zero attached hydrogens (tertiary/aromatic N) is 1. The van der Waals surface area contributed by atoms with Gasteiger partial charge in [-0.3, -0.25) is 0 Å². The zero-order valence-electron chi connectivity index (χ0n) is 13.0. The van der Waals surface area contributed by atoms with Gasteiger partial charge in [-0.2, -0.15) is 0 Å². The van der Waals surface area contributed by atoms with Crippen LogP contribution in [0, 0.1) is 5.41 Å². The Kier molecular flexibility index (Phi) is 3.64.